The molecule has 0 saturated carbocycles. The third-order valence-corrected chi connectivity index (χ3v) is 2.89. The number of ether oxygens (including phenoxy) is 1. The van der Waals surface area contributed by atoms with E-state index in [9.17, 15) is 9.50 Å². The summed E-state index contributed by atoms with van der Waals surface area (Å²) in [5.41, 5.74) is 0. The van der Waals surface area contributed by atoms with E-state index in [1.54, 1.807) is 0 Å². The van der Waals surface area contributed by atoms with Crippen molar-refractivity contribution in [2.45, 2.75) is 25.5 Å². The van der Waals surface area contributed by atoms with Crippen LogP contribution in [0.2, 0.25) is 0 Å². The summed E-state index contributed by atoms with van der Waals surface area (Å²) in [5.74, 6) is 0.200. The van der Waals surface area contributed by atoms with Gasteiger partial charge in [-0.15, -0.1) is 0 Å². The fourth-order valence-corrected chi connectivity index (χ4v) is 1.58. The Morgan fingerprint density at radius 1 is 1.42 bits per heavy atom. The summed E-state index contributed by atoms with van der Waals surface area (Å²) in [7, 11) is 1.85. The smallest absolute Gasteiger partial charge is 0.123 e. The Bertz CT molecular complexity index is 416. The number of nitriles is 1. The largest absolute Gasteiger partial charge is 0.491 e. The molecule has 1 aromatic carbocycles. The Balaban J connectivity index is 2.33. The average Bonchev–Trinajstić information content (AvgIpc) is 2.38. The lowest BCUT2D eigenvalue weighted by atomic mass is 10.2. The highest BCUT2D eigenvalue weighted by Gasteiger charge is 2.14. The number of hydrogen-bond donors (Lipinski definition) is 1. The van der Waals surface area contributed by atoms with Gasteiger partial charge in [-0.25, -0.2) is 4.39 Å². The van der Waals surface area contributed by atoms with Crippen LogP contribution in [0.15, 0.2) is 24.3 Å². The van der Waals surface area contributed by atoms with Gasteiger partial charge in [0.05, 0.1) is 12.5 Å². The number of halogens is 1. The van der Waals surface area contributed by atoms with E-state index in [1.165, 1.54) is 24.3 Å². The van der Waals surface area contributed by atoms with Crippen molar-refractivity contribution >= 4 is 0 Å². The molecule has 0 aliphatic rings. The fraction of sp³-hybridized carbons (Fsp3) is 0.500. The Morgan fingerprint density at radius 2 is 2.05 bits per heavy atom. The molecule has 0 fully saturated rings. The van der Waals surface area contributed by atoms with E-state index in [0.29, 0.717) is 18.7 Å². The van der Waals surface area contributed by atoms with Crippen LogP contribution in [0, 0.1) is 17.1 Å². The second-order valence-electron chi connectivity index (χ2n) is 4.57. The predicted octanol–water partition coefficient (Wildman–Crippen LogP) is 1.80. The molecule has 0 bridgehead atoms. The van der Waals surface area contributed by atoms with Gasteiger partial charge in [-0.1, -0.05) is 0 Å². The summed E-state index contributed by atoms with van der Waals surface area (Å²) in [6, 6.07) is 7.84. The van der Waals surface area contributed by atoms with Crippen LogP contribution >= 0.6 is 0 Å². The molecule has 0 amide bonds. The molecule has 2 unspecified atom stereocenters. The molecule has 0 aromatic heterocycles. The van der Waals surface area contributed by atoms with Gasteiger partial charge in [0.2, 0.25) is 0 Å². The van der Waals surface area contributed by atoms with Gasteiger partial charge in [-0.05, 0) is 38.2 Å². The van der Waals surface area contributed by atoms with Crippen LogP contribution in [-0.2, 0) is 0 Å². The highest BCUT2D eigenvalue weighted by atomic mass is 19.1. The van der Waals surface area contributed by atoms with Crippen molar-refractivity contribution < 1.29 is 14.2 Å². The van der Waals surface area contributed by atoms with Crippen molar-refractivity contribution in [3.63, 3.8) is 0 Å². The molecular formula is C14H19FN2O2. The minimum Gasteiger partial charge on any atom is -0.491 e. The van der Waals surface area contributed by atoms with Gasteiger partial charge in [0.25, 0.3) is 0 Å². The van der Waals surface area contributed by atoms with Crippen molar-refractivity contribution in [1.82, 2.24) is 4.90 Å². The SMILES string of the molecule is CC(CC#N)N(C)CC(O)COc1ccc(F)cc1. The monoisotopic (exact) mass is 266 g/mol. The van der Waals surface area contributed by atoms with Crippen molar-refractivity contribution in [1.29, 1.82) is 5.26 Å². The van der Waals surface area contributed by atoms with E-state index < -0.39 is 6.10 Å². The zero-order valence-electron chi connectivity index (χ0n) is 11.2. The molecule has 1 rings (SSSR count). The van der Waals surface area contributed by atoms with E-state index >= 15 is 0 Å². The molecule has 1 aromatic rings. The number of hydrogen-bond acceptors (Lipinski definition) is 4. The Morgan fingerprint density at radius 3 is 2.63 bits per heavy atom. The molecule has 0 spiro atoms. The van der Waals surface area contributed by atoms with E-state index in [2.05, 4.69) is 6.07 Å². The lowest BCUT2D eigenvalue weighted by molar-refractivity contribution is 0.0660. The summed E-state index contributed by atoms with van der Waals surface area (Å²) in [4.78, 5) is 1.90. The Labute approximate surface area is 113 Å². The van der Waals surface area contributed by atoms with Crippen molar-refractivity contribution in [3.05, 3.63) is 30.1 Å². The molecule has 4 nitrogen and oxygen atoms in total. The number of nitrogens with zero attached hydrogens (tertiary/aromatic N) is 2. The Hall–Kier alpha value is -1.64. The zero-order chi connectivity index (χ0) is 14.3. The minimum absolute atomic E-state index is 0.0884. The van der Waals surface area contributed by atoms with Crippen LogP contribution in [-0.4, -0.2) is 42.4 Å². The first-order chi connectivity index (χ1) is 9.02. The lowest BCUT2D eigenvalue weighted by Crippen LogP contribution is -2.38. The first-order valence-electron chi connectivity index (χ1n) is 6.16. The van der Waals surface area contributed by atoms with E-state index in [4.69, 9.17) is 10.00 Å². The summed E-state index contributed by atoms with van der Waals surface area (Å²) in [6.07, 6.45) is -0.238. The molecule has 104 valence electrons. The standard InChI is InChI=1S/C14H19FN2O2/c1-11(7-8-16)17(2)9-13(18)10-19-14-5-3-12(15)4-6-14/h3-6,11,13,18H,7,9-10H2,1-2H3. The molecule has 2 atom stereocenters. The number of rotatable bonds is 7. The highest BCUT2D eigenvalue weighted by Crippen LogP contribution is 2.11. The molecular weight excluding hydrogens is 247 g/mol. The van der Waals surface area contributed by atoms with Gasteiger partial charge in [-0.2, -0.15) is 5.26 Å². The molecule has 5 heteroatoms. The third-order valence-electron chi connectivity index (χ3n) is 2.89. The van der Waals surface area contributed by atoms with E-state index in [0.717, 1.165) is 0 Å². The quantitative estimate of drug-likeness (QED) is 0.817. The average molecular weight is 266 g/mol. The highest BCUT2D eigenvalue weighted by molar-refractivity contribution is 5.22. The van der Waals surface area contributed by atoms with Crippen molar-refractivity contribution in [2.24, 2.45) is 0 Å². The third kappa shape index (κ3) is 5.69. The molecule has 0 saturated heterocycles. The summed E-state index contributed by atoms with van der Waals surface area (Å²) < 4.78 is 18.0. The second-order valence-corrected chi connectivity index (χ2v) is 4.57. The van der Waals surface area contributed by atoms with Crippen LogP contribution in [0.1, 0.15) is 13.3 Å². The maximum absolute atomic E-state index is 12.7. The van der Waals surface area contributed by atoms with Crippen LogP contribution in [0.4, 0.5) is 4.39 Å². The lowest BCUT2D eigenvalue weighted by Gasteiger charge is -2.25. The van der Waals surface area contributed by atoms with Gasteiger partial charge in [0.15, 0.2) is 0 Å². The van der Waals surface area contributed by atoms with Crippen molar-refractivity contribution in [2.75, 3.05) is 20.2 Å². The van der Waals surface area contributed by atoms with E-state index in [1.807, 2.05) is 18.9 Å². The normalized spacial score (nSPS) is 13.9. The number of aliphatic hydroxyl groups excluding tert-OH is 1. The molecule has 0 aliphatic heterocycles. The molecule has 0 radical (unpaired) electrons. The van der Waals surface area contributed by atoms with Crippen LogP contribution in [0.3, 0.4) is 0 Å². The van der Waals surface area contributed by atoms with Gasteiger partial charge in [0, 0.05) is 12.6 Å². The summed E-state index contributed by atoms with van der Waals surface area (Å²) in [5, 5.41) is 18.4. The van der Waals surface area contributed by atoms with Crippen LogP contribution < -0.4 is 4.74 Å². The topological polar surface area (TPSA) is 56.5 Å². The zero-order valence-corrected chi connectivity index (χ0v) is 11.2. The molecule has 19 heavy (non-hydrogen) atoms. The maximum atomic E-state index is 12.7. The molecule has 1 N–H and O–H groups in total. The second kappa shape index (κ2) is 7.72. The molecule has 0 heterocycles. The maximum Gasteiger partial charge on any atom is 0.123 e. The summed E-state index contributed by atoms with van der Waals surface area (Å²) >= 11 is 0. The fourth-order valence-electron chi connectivity index (χ4n) is 1.58. The van der Waals surface area contributed by atoms with E-state index in [-0.39, 0.29) is 18.5 Å². The van der Waals surface area contributed by atoms with Gasteiger partial charge >= 0.3 is 0 Å². The van der Waals surface area contributed by atoms with Gasteiger partial charge < -0.3 is 9.84 Å². The first kappa shape index (κ1) is 15.4. The Kier molecular flexibility index (Phi) is 6.26. The minimum atomic E-state index is -0.656. The number of benzene rings is 1. The van der Waals surface area contributed by atoms with Crippen LogP contribution in [0.25, 0.3) is 0 Å². The van der Waals surface area contributed by atoms with Gasteiger partial charge in [0.1, 0.15) is 24.3 Å². The van der Waals surface area contributed by atoms with Crippen LogP contribution in [0.5, 0.6) is 5.75 Å². The van der Waals surface area contributed by atoms with Gasteiger partial charge in [-0.3, -0.25) is 4.90 Å². The molecule has 0 aliphatic carbocycles. The first-order valence-corrected chi connectivity index (χ1v) is 6.16. The number of likely N-dealkylation sites (N-methyl/N-ethyl adjacent to an activating group) is 1. The van der Waals surface area contributed by atoms with Crippen molar-refractivity contribution in [3.8, 4) is 11.8 Å². The summed E-state index contributed by atoms with van der Waals surface area (Å²) in [6.45, 7) is 2.48. The predicted molar refractivity (Wildman–Crippen MR) is 70.2 cm³/mol. The number of aliphatic hydroxyl groups is 1.